The molecule has 162 valence electrons. The fraction of sp³-hybridized carbons (Fsp3) is 0.375. The van der Waals surface area contributed by atoms with Crippen molar-refractivity contribution >= 4 is 22.8 Å². The quantitative estimate of drug-likeness (QED) is 0.613. The first kappa shape index (κ1) is 21.1. The van der Waals surface area contributed by atoms with Gasteiger partial charge in [0, 0.05) is 59.8 Å². The molecule has 7 nitrogen and oxygen atoms in total. The van der Waals surface area contributed by atoms with Gasteiger partial charge in [0.2, 0.25) is 5.91 Å². The maximum atomic E-state index is 13.0. The molecule has 1 saturated heterocycles. The van der Waals surface area contributed by atoms with E-state index < -0.39 is 0 Å². The molecule has 7 heteroatoms. The van der Waals surface area contributed by atoms with E-state index in [1.807, 2.05) is 49.3 Å². The highest BCUT2D eigenvalue weighted by atomic mass is 16.2. The number of benzene rings is 2. The summed E-state index contributed by atoms with van der Waals surface area (Å²) in [4.78, 5) is 36.3. The van der Waals surface area contributed by atoms with Crippen molar-refractivity contribution < 1.29 is 4.79 Å². The van der Waals surface area contributed by atoms with E-state index in [1.54, 1.807) is 9.47 Å². The van der Waals surface area contributed by atoms with Crippen LogP contribution in [0.4, 0.5) is 5.82 Å². The Labute approximate surface area is 182 Å². The first-order chi connectivity index (χ1) is 15.0. The smallest absolute Gasteiger partial charge is 0.293 e. The van der Waals surface area contributed by atoms with Crippen LogP contribution in [0, 0.1) is 0 Å². The molecule has 31 heavy (non-hydrogen) atoms. The number of amides is 1. The van der Waals surface area contributed by atoms with E-state index in [2.05, 4.69) is 34.1 Å². The van der Waals surface area contributed by atoms with E-state index in [1.165, 1.54) is 5.56 Å². The van der Waals surface area contributed by atoms with Crippen molar-refractivity contribution in [2.45, 2.75) is 19.5 Å². The van der Waals surface area contributed by atoms with Crippen molar-refractivity contribution in [3.63, 3.8) is 0 Å². The van der Waals surface area contributed by atoms with E-state index in [0.29, 0.717) is 18.8 Å². The maximum absolute atomic E-state index is 13.0. The molecular formula is C24H29N5O2. The van der Waals surface area contributed by atoms with E-state index in [-0.39, 0.29) is 11.5 Å². The van der Waals surface area contributed by atoms with Gasteiger partial charge in [-0.1, -0.05) is 42.5 Å². The van der Waals surface area contributed by atoms with Gasteiger partial charge in [0.1, 0.15) is 0 Å². The van der Waals surface area contributed by atoms with E-state index in [9.17, 15) is 9.59 Å². The zero-order valence-corrected chi connectivity index (χ0v) is 18.2. The van der Waals surface area contributed by atoms with Crippen LogP contribution in [0.1, 0.15) is 12.0 Å². The fourth-order valence-corrected chi connectivity index (χ4v) is 4.05. The number of para-hydroxylation sites is 2. The van der Waals surface area contributed by atoms with E-state index in [4.69, 9.17) is 0 Å². The van der Waals surface area contributed by atoms with Crippen LogP contribution in [-0.2, 0) is 17.9 Å². The van der Waals surface area contributed by atoms with E-state index >= 15 is 0 Å². The minimum Gasteiger partial charge on any atom is -0.358 e. The number of carbonyl (C=O) groups is 1. The Morgan fingerprint density at radius 3 is 2.35 bits per heavy atom. The summed E-state index contributed by atoms with van der Waals surface area (Å²) in [6.07, 6.45) is 0.305. The number of hydrogen-bond acceptors (Lipinski definition) is 5. The maximum Gasteiger partial charge on any atom is 0.293 e. The Kier molecular flexibility index (Phi) is 6.32. The molecule has 4 rings (SSSR count). The van der Waals surface area contributed by atoms with Crippen LogP contribution in [-0.4, -0.2) is 65.5 Å². The lowest BCUT2D eigenvalue weighted by Crippen LogP contribution is -2.48. The second kappa shape index (κ2) is 9.31. The molecule has 0 bridgehead atoms. The number of aromatic nitrogens is 2. The van der Waals surface area contributed by atoms with Gasteiger partial charge in [-0.2, -0.15) is 0 Å². The van der Waals surface area contributed by atoms with Crippen LogP contribution in [0.5, 0.6) is 0 Å². The van der Waals surface area contributed by atoms with Gasteiger partial charge < -0.3 is 14.4 Å². The third-order valence-corrected chi connectivity index (χ3v) is 5.78. The highest BCUT2D eigenvalue weighted by molar-refractivity contribution is 5.78. The third kappa shape index (κ3) is 4.77. The third-order valence-electron chi connectivity index (χ3n) is 5.78. The van der Waals surface area contributed by atoms with Crippen LogP contribution < -0.4 is 10.5 Å². The van der Waals surface area contributed by atoms with Crippen molar-refractivity contribution in [1.29, 1.82) is 0 Å². The van der Waals surface area contributed by atoms with Crippen LogP contribution in [0.25, 0.3) is 11.0 Å². The van der Waals surface area contributed by atoms with Gasteiger partial charge in [-0.15, -0.1) is 0 Å². The van der Waals surface area contributed by atoms with Gasteiger partial charge >= 0.3 is 0 Å². The molecule has 0 aliphatic carbocycles. The highest BCUT2D eigenvalue weighted by Gasteiger charge is 2.21. The van der Waals surface area contributed by atoms with Crippen molar-refractivity contribution in [3.8, 4) is 0 Å². The number of nitrogens with zero attached hydrogens (tertiary/aromatic N) is 5. The molecule has 0 N–H and O–H groups in total. The zero-order valence-electron chi connectivity index (χ0n) is 18.2. The second-order valence-electron chi connectivity index (χ2n) is 8.17. The average molecular weight is 420 g/mol. The number of rotatable bonds is 6. The lowest BCUT2D eigenvalue weighted by molar-refractivity contribution is -0.133. The lowest BCUT2D eigenvalue weighted by Gasteiger charge is -2.35. The summed E-state index contributed by atoms with van der Waals surface area (Å²) in [7, 11) is 3.62. The predicted octanol–water partition coefficient (Wildman–Crippen LogP) is 2.20. The largest absolute Gasteiger partial charge is 0.358 e. The average Bonchev–Trinajstić information content (AvgIpc) is 2.79. The summed E-state index contributed by atoms with van der Waals surface area (Å²) in [5.74, 6) is 0.485. The first-order valence-electron chi connectivity index (χ1n) is 10.7. The normalized spacial score (nSPS) is 14.7. The monoisotopic (exact) mass is 419 g/mol. The summed E-state index contributed by atoms with van der Waals surface area (Å²) in [5.41, 5.74) is 2.65. The SMILES string of the molecule is CN(C)c1nc2ccccc2n(CCC(=O)N2CCN(Cc3ccccc3)CC2)c1=O. The Balaban J connectivity index is 1.40. The highest BCUT2D eigenvalue weighted by Crippen LogP contribution is 2.14. The van der Waals surface area contributed by atoms with Crippen LogP contribution >= 0.6 is 0 Å². The molecule has 1 aliphatic rings. The molecule has 0 atom stereocenters. The summed E-state index contributed by atoms with van der Waals surface area (Å²) in [6.45, 7) is 4.44. The molecule has 1 amide bonds. The topological polar surface area (TPSA) is 61.7 Å². The zero-order chi connectivity index (χ0) is 21.8. The number of anilines is 1. The Morgan fingerprint density at radius 2 is 1.65 bits per heavy atom. The molecule has 3 aromatic rings. The van der Waals surface area contributed by atoms with Gasteiger partial charge in [-0.05, 0) is 17.7 Å². The molecule has 2 aromatic carbocycles. The first-order valence-corrected chi connectivity index (χ1v) is 10.7. The molecule has 0 spiro atoms. The number of carbonyl (C=O) groups excluding carboxylic acids is 1. The van der Waals surface area contributed by atoms with Crippen LogP contribution in [0.3, 0.4) is 0 Å². The van der Waals surface area contributed by atoms with Gasteiger partial charge in [-0.3, -0.25) is 14.5 Å². The van der Waals surface area contributed by atoms with Crippen molar-refractivity contribution in [2.24, 2.45) is 0 Å². The van der Waals surface area contributed by atoms with Gasteiger partial charge in [0.25, 0.3) is 5.56 Å². The molecule has 0 unspecified atom stereocenters. The Hall–Kier alpha value is -3.19. The predicted molar refractivity (Wildman–Crippen MR) is 123 cm³/mol. The summed E-state index contributed by atoms with van der Waals surface area (Å²) in [5, 5.41) is 0. The van der Waals surface area contributed by atoms with E-state index in [0.717, 1.165) is 43.8 Å². The van der Waals surface area contributed by atoms with Gasteiger partial charge in [0.05, 0.1) is 11.0 Å². The minimum absolute atomic E-state index is 0.0959. The molecule has 1 aromatic heterocycles. The molecular weight excluding hydrogens is 390 g/mol. The standard InChI is InChI=1S/C24H29N5O2/c1-26(2)23-24(31)29(21-11-7-6-10-20(21)25-23)13-12-22(30)28-16-14-27(15-17-28)18-19-8-4-3-5-9-19/h3-11H,12-18H2,1-2H3. The second-order valence-corrected chi connectivity index (χ2v) is 8.17. The molecule has 2 heterocycles. The van der Waals surface area contributed by atoms with Crippen molar-refractivity contribution in [2.75, 3.05) is 45.2 Å². The van der Waals surface area contributed by atoms with Gasteiger partial charge in [-0.25, -0.2) is 4.98 Å². The molecule has 0 radical (unpaired) electrons. The van der Waals surface area contributed by atoms with Crippen LogP contribution in [0.2, 0.25) is 0 Å². The number of aryl methyl sites for hydroxylation is 1. The number of hydrogen-bond donors (Lipinski definition) is 0. The Morgan fingerprint density at radius 1 is 0.968 bits per heavy atom. The summed E-state index contributed by atoms with van der Waals surface area (Å²) < 4.78 is 1.68. The number of piperazine rings is 1. The van der Waals surface area contributed by atoms with Crippen LogP contribution in [0.15, 0.2) is 59.4 Å². The van der Waals surface area contributed by atoms with Crippen molar-refractivity contribution in [3.05, 3.63) is 70.5 Å². The fourth-order valence-electron chi connectivity index (χ4n) is 4.05. The lowest BCUT2D eigenvalue weighted by atomic mass is 10.2. The number of fused-ring (bicyclic) bond motifs is 1. The summed E-state index contributed by atoms with van der Waals surface area (Å²) >= 11 is 0. The Bertz CT molecular complexity index is 1100. The minimum atomic E-state index is -0.163. The molecule has 0 saturated carbocycles. The molecule has 1 fully saturated rings. The van der Waals surface area contributed by atoms with Crippen molar-refractivity contribution in [1.82, 2.24) is 19.4 Å². The van der Waals surface area contributed by atoms with Gasteiger partial charge in [0.15, 0.2) is 5.82 Å². The molecule has 1 aliphatic heterocycles. The summed E-state index contributed by atoms with van der Waals surface area (Å²) in [6, 6.07) is 18.0.